The van der Waals surface area contributed by atoms with Crippen molar-refractivity contribution in [3.05, 3.63) is 0 Å². The molecule has 0 heterocycles. The van der Waals surface area contributed by atoms with Crippen LogP contribution in [0.1, 0.15) is 20.8 Å². The van der Waals surface area contributed by atoms with Crippen molar-refractivity contribution in [2.24, 2.45) is 0 Å². The summed E-state index contributed by atoms with van der Waals surface area (Å²) in [6.07, 6.45) is 0. The molecule has 0 unspecified atom stereocenters. The maximum absolute atomic E-state index is 9.00. The summed E-state index contributed by atoms with van der Waals surface area (Å²) in [6.45, 7) is 3.25. The number of carboxylic acid groups (broad SMARTS) is 3. The van der Waals surface area contributed by atoms with Crippen LogP contribution in [0, 0.1) is 0 Å². The molecule has 84 valence electrons. The fourth-order valence-corrected chi connectivity index (χ4v) is 0. The third kappa shape index (κ3) is 4570. The van der Waals surface area contributed by atoms with Gasteiger partial charge < -0.3 is 15.3 Å². The molecule has 8 heteroatoms. The normalized spacial score (nSPS) is 5.36. The molecule has 0 spiro atoms. The molecule has 14 heavy (non-hydrogen) atoms. The quantitative estimate of drug-likeness (QED) is 0.588. The van der Waals surface area contributed by atoms with Crippen LogP contribution < -0.4 is 0 Å². The second kappa shape index (κ2) is 22.9. The SMILES string of the molecule is CC(=O)O.CC(=O)O.CC(=O)O.[Cr].[Cr]. The van der Waals surface area contributed by atoms with Gasteiger partial charge in [-0.25, -0.2) is 0 Å². The molecular weight excluding hydrogens is 272 g/mol. The summed E-state index contributed by atoms with van der Waals surface area (Å²) in [6, 6.07) is 0. The van der Waals surface area contributed by atoms with Crippen molar-refractivity contribution in [2.45, 2.75) is 20.8 Å². The molecule has 0 atom stereocenters. The Morgan fingerprint density at radius 1 is 0.643 bits per heavy atom. The summed E-state index contributed by atoms with van der Waals surface area (Å²) in [7, 11) is 0. The van der Waals surface area contributed by atoms with Crippen molar-refractivity contribution >= 4 is 17.9 Å². The number of rotatable bonds is 0. The Kier molecular flexibility index (Phi) is 47.7. The van der Waals surface area contributed by atoms with Gasteiger partial charge in [-0.2, -0.15) is 0 Å². The first kappa shape index (κ1) is 29.2. The van der Waals surface area contributed by atoms with Crippen LogP contribution in [0.4, 0.5) is 0 Å². The zero-order chi connectivity index (χ0) is 10.7. The average molecular weight is 284 g/mol. The first-order valence-electron chi connectivity index (χ1n) is 2.78. The van der Waals surface area contributed by atoms with E-state index in [4.69, 9.17) is 29.7 Å². The number of carbonyl (C=O) groups is 3. The van der Waals surface area contributed by atoms with Crippen molar-refractivity contribution in [2.75, 3.05) is 0 Å². The van der Waals surface area contributed by atoms with E-state index in [9.17, 15) is 0 Å². The van der Waals surface area contributed by atoms with E-state index < -0.39 is 17.9 Å². The van der Waals surface area contributed by atoms with E-state index in [0.29, 0.717) is 0 Å². The Hall–Kier alpha value is -0.525. The summed E-state index contributed by atoms with van der Waals surface area (Å²) < 4.78 is 0. The molecule has 0 aromatic heterocycles. The minimum Gasteiger partial charge on any atom is -0.481 e. The van der Waals surface area contributed by atoms with Crippen molar-refractivity contribution < 1.29 is 64.4 Å². The number of aliphatic carboxylic acids is 3. The zero-order valence-electron chi connectivity index (χ0n) is 7.88. The van der Waals surface area contributed by atoms with Crippen LogP contribution in [0.5, 0.6) is 0 Å². The standard InChI is InChI=1S/3C2H4O2.2Cr/c3*1-2(3)4;;/h3*1H3,(H,3,4);;. The number of carboxylic acids is 3. The minimum atomic E-state index is -0.833. The topological polar surface area (TPSA) is 112 Å². The van der Waals surface area contributed by atoms with Gasteiger partial charge in [-0.15, -0.1) is 0 Å². The van der Waals surface area contributed by atoms with Gasteiger partial charge in [0.15, 0.2) is 0 Å². The van der Waals surface area contributed by atoms with Crippen molar-refractivity contribution in [3.8, 4) is 0 Å². The Balaban J connectivity index is -0.0000000270. The maximum atomic E-state index is 9.00. The third-order valence-electron chi connectivity index (χ3n) is 0. The number of hydrogen-bond donors (Lipinski definition) is 3. The first-order chi connectivity index (χ1) is 5.20. The van der Waals surface area contributed by atoms with Crippen LogP contribution in [0.15, 0.2) is 0 Å². The summed E-state index contributed by atoms with van der Waals surface area (Å²) in [5, 5.41) is 22.2. The molecule has 0 fully saturated rings. The molecule has 0 aromatic rings. The van der Waals surface area contributed by atoms with Crippen molar-refractivity contribution in [3.63, 3.8) is 0 Å². The van der Waals surface area contributed by atoms with E-state index in [1.807, 2.05) is 0 Å². The van der Waals surface area contributed by atoms with Gasteiger partial charge in [0.25, 0.3) is 17.9 Å². The molecule has 0 saturated carbocycles. The van der Waals surface area contributed by atoms with Crippen LogP contribution in [-0.4, -0.2) is 33.2 Å². The second-order valence-corrected chi connectivity index (χ2v) is 1.56. The maximum Gasteiger partial charge on any atom is 0.300 e. The van der Waals surface area contributed by atoms with Crippen LogP contribution >= 0.6 is 0 Å². The van der Waals surface area contributed by atoms with Crippen LogP contribution in [-0.2, 0) is 49.1 Å². The van der Waals surface area contributed by atoms with E-state index in [1.54, 1.807) is 0 Å². The molecule has 0 aromatic carbocycles. The predicted molar refractivity (Wildman–Crippen MR) is 39.9 cm³/mol. The molecule has 0 saturated heterocycles. The first-order valence-corrected chi connectivity index (χ1v) is 2.78. The Morgan fingerprint density at radius 2 is 0.643 bits per heavy atom. The summed E-state index contributed by atoms with van der Waals surface area (Å²) in [4.78, 5) is 27.0. The summed E-state index contributed by atoms with van der Waals surface area (Å²) in [5.41, 5.74) is 0. The Bertz CT molecular complexity index is 118. The van der Waals surface area contributed by atoms with E-state index in [1.165, 1.54) is 0 Å². The molecule has 0 aliphatic carbocycles. The zero-order valence-corrected chi connectivity index (χ0v) is 10.4. The fourth-order valence-electron chi connectivity index (χ4n) is 0. The third-order valence-corrected chi connectivity index (χ3v) is 0. The molecule has 6 nitrogen and oxygen atoms in total. The van der Waals surface area contributed by atoms with Gasteiger partial charge >= 0.3 is 0 Å². The van der Waals surface area contributed by atoms with Gasteiger partial charge in [0.05, 0.1) is 0 Å². The van der Waals surface area contributed by atoms with Crippen LogP contribution in [0.2, 0.25) is 0 Å². The molecule has 3 N–H and O–H groups in total. The van der Waals surface area contributed by atoms with Gasteiger partial charge in [-0.3, -0.25) is 14.4 Å². The smallest absolute Gasteiger partial charge is 0.300 e. The second-order valence-electron chi connectivity index (χ2n) is 1.56. The van der Waals surface area contributed by atoms with Crippen LogP contribution in [0.25, 0.3) is 0 Å². The molecular formula is C6H12Cr2O6. The van der Waals surface area contributed by atoms with Gasteiger partial charge in [-0.05, 0) is 0 Å². The predicted octanol–water partition coefficient (Wildman–Crippen LogP) is 0.268. The van der Waals surface area contributed by atoms with E-state index in [2.05, 4.69) is 0 Å². The van der Waals surface area contributed by atoms with Gasteiger partial charge in [0.1, 0.15) is 0 Å². The van der Waals surface area contributed by atoms with Gasteiger partial charge in [0, 0.05) is 55.5 Å². The Labute approximate surface area is 103 Å². The van der Waals surface area contributed by atoms with Gasteiger partial charge in [-0.1, -0.05) is 0 Å². The molecule has 0 aliphatic rings. The summed E-state index contributed by atoms with van der Waals surface area (Å²) in [5.74, 6) is -2.50. The Morgan fingerprint density at radius 3 is 0.643 bits per heavy atom. The number of hydrogen-bond acceptors (Lipinski definition) is 3. The monoisotopic (exact) mass is 284 g/mol. The molecule has 0 aliphatic heterocycles. The van der Waals surface area contributed by atoms with Gasteiger partial charge in [0.2, 0.25) is 0 Å². The minimum absolute atomic E-state index is 0. The largest absolute Gasteiger partial charge is 0.481 e. The molecule has 0 amide bonds. The van der Waals surface area contributed by atoms with E-state index in [0.717, 1.165) is 20.8 Å². The summed E-state index contributed by atoms with van der Waals surface area (Å²) >= 11 is 0. The molecule has 0 rings (SSSR count). The van der Waals surface area contributed by atoms with Crippen LogP contribution in [0.3, 0.4) is 0 Å². The average Bonchev–Trinajstić information content (AvgIpc) is 1.54. The molecule has 0 bridgehead atoms. The van der Waals surface area contributed by atoms with E-state index in [-0.39, 0.29) is 34.7 Å². The fraction of sp³-hybridized carbons (Fsp3) is 0.500. The van der Waals surface area contributed by atoms with Crippen molar-refractivity contribution in [1.82, 2.24) is 0 Å². The molecule has 0 radical (unpaired) electrons. The van der Waals surface area contributed by atoms with E-state index >= 15 is 0 Å². The van der Waals surface area contributed by atoms with Crippen molar-refractivity contribution in [1.29, 1.82) is 0 Å².